The number of H-pyrrole nitrogens is 1. The standard InChI is InChI=1S/C19H21FN4O2S/c1-12-10-14(3)17(11-13(12)2)27(25,26)21-9-8-18-22-19(24-23-18)15-4-6-16(20)7-5-15/h4-7,10-11,21H,8-9H2,1-3H3,(H,22,23,24). The van der Waals surface area contributed by atoms with Gasteiger partial charge in [-0.15, -0.1) is 0 Å². The summed E-state index contributed by atoms with van der Waals surface area (Å²) < 4.78 is 40.7. The molecule has 0 unspecified atom stereocenters. The van der Waals surface area contributed by atoms with Crippen molar-refractivity contribution in [3.8, 4) is 11.4 Å². The molecule has 0 saturated carbocycles. The number of sulfonamides is 1. The molecule has 2 N–H and O–H groups in total. The van der Waals surface area contributed by atoms with Crippen LogP contribution in [0, 0.1) is 26.6 Å². The Morgan fingerprint density at radius 2 is 1.70 bits per heavy atom. The van der Waals surface area contributed by atoms with E-state index >= 15 is 0 Å². The van der Waals surface area contributed by atoms with Gasteiger partial charge in [0.2, 0.25) is 10.0 Å². The Bertz CT molecular complexity index is 1060. The Morgan fingerprint density at radius 1 is 1.04 bits per heavy atom. The van der Waals surface area contributed by atoms with Gasteiger partial charge in [-0.1, -0.05) is 6.07 Å². The van der Waals surface area contributed by atoms with Crippen molar-refractivity contribution < 1.29 is 12.8 Å². The van der Waals surface area contributed by atoms with E-state index in [1.807, 2.05) is 19.9 Å². The number of rotatable bonds is 6. The van der Waals surface area contributed by atoms with E-state index in [2.05, 4.69) is 19.9 Å². The summed E-state index contributed by atoms with van der Waals surface area (Å²) >= 11 is 0. The predicted octanol–water partition coefficient (Wildman–Crippen LogP) is 3.06. The molecule has 0 atom stereocenters. The molecule has 6 nitrogen and oxygen atoms in total. The molecular formula is C19H21FN4O2S. The second kappa shape index (κ2) is 7.58. The summed E-state index contributed by atoms with van der Waals surface area (Å²) in [5.74, 6) is 0.664. The second-order valence-corrected chi connectivity index (χ2v) is 8.20. The number of halogens is 1. The third-order valence-corrected chi connectivity index (χ3v) is 5.97. The van der Waals surface area contributed by atoms with Gasteiger partial charge in [0.15, 0.2) is 5.82 Å². The van der Waals surface area contributed by atoms with Crippen LogP contribution in [0.15, 0.2) is 41.3 Å². The number of nitrogens with zero attached hydrogens (tertiary/aromatic N) is 2. The molecule has 0 fully saturated rings. The summed E-state index contributed by atoms with van der Waals surface area (Å²) in [7, 11) is -3.60. The van der Waals surface area contributed by atoms with Crippen LogP contribution in [-0.4, -0.2) is 30.1 Å². The number of nitrogens with one attached hydrogen (secondary N) is 2. The Labute approximate surface area is 157 Å². The SMILES string of the molecule is Cc1cc(C)c(S(=O)(=O)NCCc2nc(-c3ccc(F)cc3)n[nH]2)cc1C. The smallest absolute Gasteiger partial charge is 0.240 e. The summed E-state index contributed by atoms with van der Waals surface area (Å²) in [5.41, 5.74) is 3.38. The molecule has 1 aromatic heterocycles. The molecule has 1 heterocycles. The van der Waals surface area contributed by atoms with Gasteiger partial charge in [0.25, 0.3) is 0 Å². The summed E-state index contributed by atoms with van der Waals surface area (Å²) in [4.78, 5) is 4.61. The van der Waals surface area contributed by atoms with Crippen molar-refractivity contribution in [3.63, 3.8) is 0 Å². The largest absolute Gasteiger partial charge is 0.263 e. The molecule has 0 bridgehead atoms. The zero-order valence-electron chi connectivity index (χ0n) is 15.4. The monoisotopic (exact) mass is 388 g/mol. The number of benzene rings is 2. The van der Waals surface area contributed by atoms with Gasteiger partial charge >= 0.3 is 0 Å². The number of hydrogen-bond acceptors (Lipinski definition) is 4. The molecule has 0 saturated heterocycles. The highest BCUT2D eigenvalue weighted by Gasteiger charge is 2.17. The van der Waals surface area contributed by atoms with Crippen LogP contribution in [0.3, 0.4) is 0 Å². The van der Waals surface area contributed by atoms with E-state index in [4.69, 9.17) is 0 Å². The summed E-state index contributed by atoms with van der Waals surface area (Å²) in [5, 5.41) is 6.87. The predicted molar refractivity (Wildman–Crippen MR) is 101 cm³/mol. The van der Waals surface area contributed by atoms with Crippen molar-refractivity contribution in [3.05, 3.63) is 64.7 Å². The maximum absolute atomic E-state index is 13.0. The van der Waals surface area contributed by atoms with Crippen LogP contribution in [-0.2, 0) is 16.4 Å². The second-order valence-electron chi connectivity index (χ2n) is 6.46. The van der Waals surface area contributed by atoms with E-state index in [1.165, 1.54) is 12.1 Å². The summed E-state index contributed by atoms with van der Waals surface area (Å²) in [6, 6.07) is 9.42. The van der Waals surface area contributed by atoms with Gasteiger partial charge in [0.05, 0.1) is 4.90 Å². The third-order valence-electron chi connectivity index (χ3n) is 4.37. The molecule has 0 amide bonds. The van der Waals surface area contributed by atoms with Crippen LogP contribution in [0.25, 0.3) is 11.4 Å². The number of aromatic amines is 1. The topological polar surface area (TPSA) is 87.7 Å². The van der Waals surface area contributed by atoms with Crippen LogP contribution in [0.2, 0.25) is 0 Å². The fourth-order valence-corrected chi connectivity index (χ4v) is 4.08. The van der Waals surface area contributed by atoms with Gasteiger partial charge in [-0.3, -0.25) is 5.10 Å². The third kappa shape index (κ3) is 4.40. The van der Waals surface area contributed by atoms with Crippen LogP contribution in [0.4, 0.5) is 4.39 Å². The zero-order valence-corrected chi connectivity index (χ0v) is 16.2. The van der Waals surface area contributed by atoms with Crippen molar-refractivity contribution in [2.45, 2.75) is 32.1 Å². The van der Waals surface area contributed by atoms with Crippen LogP contribution in [0.1, 0.15) is 22.5 Å². The highest BCUT2D eigenvalue weighted by Crippen LogP contribution is 2.20. The quantitative estimate of drug-likeness (QED) is 0.679. The van der Waals surface area contributed by atoms with Gasteiger partial charge in [0.1, 0.15) is 11.6 Å². The van der Waals surface area contributed by atoms with E-state index in [0.29, 0.717) is 29.2 Å². The molecule has 142 valence electrons. The zero-order chi connectivity index (χ0) is 19.6. The van der Waals surface area contributed by atoms with Crippen LogP contribution >= 0.6 is 0 Å². The highest BCUT2D eigenvalue weighted by atomic mass is 32.2. The minimum absolute atomic E-state index is 0.187. The number of hydrogen-bond donors (Lipinski definition) is 2. The van der Waals surface area contributed by atoms with Gasteiger partial charge in [0, 0.05) is 18.5 Å². The fraction of sp³-hybridized carbons (Fsp3) is 0.263. The maximum Gasteiger partial charge on any atom is 0.240 e. The minimum Gasteiger partial charge on any atom is -0.263 e. The molecule has 3 rings (SSSR count). The summed E-state index contributed by atoms with van der Waals surface area (Å²) in [6.07, 6.45) is 0.358. The first-order valence-corrected chi connectivity index (χ1v) is 9.99. The molecule has 8 heteroatoms. The van der Waals surface area contributed by atoms with Gasteiger partial charge in [-0.25, -0.2) is 22.5 Å². The summed E-state index contributed by atoms with van der Waals surface area (Å²) in [6.45, 7) is 5.81. The van der Waals surface area contributed by atoms with Gasteiger partial charge in [-0.2, -0.15) is 5.10 Å². The minimum atomic E-state index is -3.60. The molecule has 0 aliphatic carbocycles. The first kappa shape index (κ1) is 19.2. The Hall–Kier alpha value is -2.58. The first-order valence-electron chi connectivity index (χ1n) is 8.51. The van der Waals surface area contributed by atoms with Gasteiger partial charge < -0.3 is 0 Å². The molecule has 27 heavy (non-hydrogen) atoms. The first-order chi connectivity index (χ1) is 12.8. The van der Waals surface area contributed by atoms with Crippen LogP contribution < -0.4 is 4.72 Å². The Morgan fingerprint density at radius 3 is 2.41 bits per heavy atom. The van der Waals surface area contributed by atoms with Crippen molar-refractivity contribution in [1.82, 2.24) is 19.9 Å². The lowest BCUT2D eigenvalue weighted by Gasteiger charge is -2.11. The molecular weight excluding hydrogens is 367 g/mol. The van der Waals surface area contributed by atoms with Crippen molar-refractivity contribution in [2.24, 2.45) is 0 Å². The molecule has 0 aliphatic rings. The van der Waals surface area contributed by atoms with Crippen molar-refractivity contribution >= 4 is 10.0 Å². The lowest BCUT2D eigenvalue weighted by Crippen LogP contribution is -2.27. The average Bonchev–Trinajstić information content (AvgIpc) is 3.07. The highest BCUT2D eigenvalue weighted by molar-refractivity contribution is 7.89. The molecule has 3 aromatic rings. The number of aryl methyl sites for hydroxylation is 3. The normalized spacial score (nSPS) is 11.7. The van der Waals surface area contributed by atoms with E-state index < -0.39 is 10.0 Å². The molecule has 0 aliphatic heterocycles. The van der Waals surface area contributed by atoms with E-state index in [0.717, 1.165) is 11.1 Å². The molecule has 0 spiro atoms. The van der Waals surface area contributed by atoms with Crippen molar-refractivity contribution in [1.29, 1.82) is 0 Å². The fourth-order valence-electron chi connectivity index (χ4n) is 2.74. The lowest BCUT2D eigenvalue weighted by atomic mass is 10.1. The maximum atomic E-state index is 13.0. The van der Waals surface area contributed by atoms with E-state index in [-0.39, 0.29) is 17.3 Å². The molecule has 2 aromatic carbocycles. The Balaban J connectivity index is 1.66. The van der Waals surface area contributed by atoms with Crippen molar-refractivity contribution in [2.75, 3.05) is 6.54 Å². The van der Waals surface area contributed by atoms with E-state index in [1.54, 1.807) is 25.1 Å². The molecule has 0 radical (unpaired) electrons. The Kier molecular flexibility index (Phi) is 5.38. The number of aromatic nitrogens is 3. The van der Waals surface area contributed by atoms with Gasteiger partial charge in [-0.05, 0) is 67.8 Å². The van der Waals surface area contributed by atoms with Crippen LogP contribution in [0.5, 0.6) is 0 Å². The van der Waals surface area contributed by atoms with E-state index in [9.17, 15) is 12.8 Å². The average molecular weight is 388 g/mol. The lowest BCUT2D eigenvalue weighted by molar-refractivity contribution is 0.580.